The lowest BCUT2D eigenvalue weighted by atomic mass is 10.2. The predicted molar refractivity (Wildman–Crippen MR) is 54.1 cm³/mol. The number of nitrogens with one attached hydrogen (secondary N) is 1. The minimum atomic E-state index is -0.218. The lowest BCUT2D eigenvalue weighted by Crippen LogP contribution is -2.34. The van der Waals surface area contributed by atoms with Gasteiger partial charge in [-0.1, -0.05) is 0 Å². The van der Waals surface area contributed by atoms with E-state index in [9.17, 15) is 14.4 Å². The second-order valence-corrected chi connectivity index (χ2v) is 4.78. The average molecular weight is 222 g/mol. The Morgan fingerprint density at radius 3 is 2.81 bits per heavy atom. The summed E-state index contributed by atoms with van der Waals surface area (Å²) in [7, 11) is 0. The summed E-state index contributed by atoms with van der Waals surface area (Å²) < 4.78 is 0. The average Bonchev–Trinajstić information content (AvgIpc) is 2.86. The van der Waals surface area contributed by atoms with Crippen LogP contribution in [0.15, 0.2) is 0 Å². The molecule has 0 unspecified atom stereocenters. The highest BCUT2D eigenvalue weighted by atomic mass is 16.2. The molecule has 1 N–H and O–H groups in total. The molecule has 3 rings (SSSR count). The van der Waals surface area contributed by atoms with E-state index in [1.54, 1.807) is 0 Å². The second kappa shape index (κ2) is 3.30. The maximum atomic E-state index is 12.1. The molecule has 0 aromatic carbocycles. The molecule has 16 heavy (non-hydrogen) atoms. The molecule has 0 aromatic rings. The molecule has 0 spiro atoms. The molecular formula is C11H14N2O3. The number of carbonyl (C=O) groups excluding carboxylic acids is 3. The Labute approximate surface area is 93.2 Å². The number of piperidine rings is 1. The normalized spacial score (nSPS) is 37.0. The predicted octanol–water partition coefficient (Wildman–Crippen LogP) is -0.483. The fraction of sp³-hybridized carbons (Fsp3) is 0.727. The first-order chi connectivity index (χ1) is 7.70. The zero-order valence-corrected chi connectivity index (χ0v) is 8.94. The van der Waals surface area contributed by atoms with Gasteiger partial charge in [-0.25, -0.2) is 0 Å². The lowest BCUT2D eigenvalue weighted by Gasteiger charge is -2.12. The number of likely N-dealkylation sites (tertiary alicyclic amines) is 1. The molecule has 2 aliphatic heterocycles. The first kappa shape index (κ1) is 9.81. The van der Waals surface area contributed by atoms with Gasteiger partial charge in [-0.15, -0.1) is 0 Å². The van der Waals surface area contributed by atoms with Gasteiger partial charge in [-0.3, -0.25) is 19.3 Å². The summed E-state index contributed by atoms with van der Waals surface area (Å²) in [6.45, 7) is 1.20. The van der Waals surface area contributed by atoms with Crippen LogP contribution in [-0.4, -0.2) is 35.7 Å². The molecule has 5 heteroatoms. The molecule has 0 bridgehead atoms. The fourth-order valence-electron chi connectivity index (χ4n) is 2.97. The monoisotopic (exact) mass is 222 g/mol. The number of fused-ring (bicyclic) bond motifs is 1. The summed E-state index contributed by atoms with van der Waals surface area (Å²) >= 11 is 0. The van der Waals surface area contributed by atoms with Crippen LogP contribution in [0.2, 0.25) is 0 Å². The highest BCUT2D eigenvalue weighted by molar-refractivity contribution is 6.02. The van der Waals surface area contributed by atoms with E-state index in [1.807, 2.05) is 0 Å². The third kappa shape index (κ3) is 1.27. The topological polar surface area (TPSA) is 66.5 Å². The van der Waals surface area contributed by atoms with Gasteiger partial charge in [0, 0.05) is 19.5 Å². The van der Waals surface area contributed by atoms with E-state index in [2.05, 4.69) is 5.32 Å². The Morgan fingerprint density at radius 1 is 1.38 bits per heavy atom. The van der Waals surface area contributed by atoms with Crippen LogP contribution < -0.4 is 5.32 Å². The zero-order valence-electron chi connectivity index (χ0n) is 8.94. The number of amides is 3. The van der Waals surface area contributed by atoms with Crippen molar-refractivity contribution in [3.63, 3.8) is 0 Å². The van der Waals surface area contributed by atoms with Gasteiger partial charge >= 0.3 is 0 Å². The van der Waals surface area contributed by atoms with Gasteiger partial charge in [-0.05, 0) is 18.8 Å². The van der Waals surface area contributed by atoms with Gasteiger partial charge in [0.05, 0.1) is 11.8 Å². The minimum Gasteiger partial charge on any atom is -0.356 e. The van der Waals surface area contributed by atoms with E-state index in [4.69, 9.17) is 0 Å². The molecule has 0 aromatic heterocycles. The van der Waals surface area contributed by atoms with Crippen molar-refractivity contribution in [2.24, 2.45) is 17.8 Å². The molecule has 86 valence electrons. The third-order valence-corrected chi connectivity index (χ3v) is 3.87. The molecular weight excluding hydrogens is 208 g/mol. The number of hydrogen-bond donors (Lipinski definition) is 1. The standard InChI is InChI=1S/C11H14N2O3/c14-7-2-1-5-13(7)11(16)9-6-3-4-12-10(15)8(6)9/h6,8-9H,1-5H2,(H,12,15)/t6-,8+,9+/m0/s1. The largest absolute Gasteiger partial charge is 0.356 e. The Balaban J connectivity index is 1.73. The summed E-state index contributed by atoms with van der Waals surface area (Å²) in [4.78, 5) is 36.3. The molecule has 0 radical (unpaired) electrons. The second-order valence-electron chi connectivity index (χ2n) is 4.78. The molecule has 2 saturated heterocycles. The van der Waals surface area contributed by atoms with Crippen molar-refractivity contribution in [1.82, 2.24) is 10.2 Å². The summed E-state index contributed by atoms with van der Waals surface area (Å²) in [5.74, 6) is -0.390. The van der Waals surface area contributed by atoms with Crippen molar-refractivity contribution in [2.45, 2.75) is 19.3 Å². The van der Waals surface area contributed by atoms with Gasteiger partial charge in [-0.2, -0.15) is 0 Å². The fourth-order valence-corrected chi connectivity index (χ4v) is 2.97. The van der Waals surface area contributed by atoms with E-state index in [1.165, 1.54) is 4.90 Å². The zero-order chi connectivity index (χ0) is 11.3. The van der Waals surface area contributed by atoms with Gasteiger partial charge in [0.15, 0.2) is 0 Å². The summed E-state index contributed by atoms with van der Waals surface area (Å²) in [5.41, 5.74) is 0. The maximum absolute atomic E-state index is 12.1. The number of rotatable bonds is 1. The lowest BCUT2D eigenvalue weighted by molar-refractivity contribution is -0.143. The quantitative estimate of drug-likeness (QED) is 0.609. The van der Waals surface area contributed by atoms with Crippen molar-refractivity contribution in [3.8, 4) is 0 Å². The molecule has 3 amide bonds. The molecule has 2 heterocycles. The smallest absolute Gasteiger partial charge is 0.233 e. The van der Waals surface area contributed by atoms with E-state index in [0.717, 1.165) is 12.8 Å². The Morgan fingerprint density at radius 2 is 2.19 bits per heavy atom. The van der Waals surface area contributed by atoms with Gasteiger partial charge in [0.25, 0.3) is 0 Å². The highest BCUT2D eigenvalue weighted by Gasteiger charge is 2.61. The van der Waals surface area contributed by atoms with Crippen LogP contribution in [0.1, 0.15) is 19.3 Å². The molecule has 1 aliphatic carbocycles. The molecule has 5 nitrogen and oxygen atoms in total. The van der Waals surface area contributed by atoms with Crippen LogP contribution in [0.25, 0.3) is 0 Å². The Hall–Kier alpha value is -1.39. The van der Waals surface area contributed by atoms with Crippen molar-refractivity contribution < 1.29 is 14.4 Å². The SMILES string of the molecule is O=C1NCC[C@H]2[C@@H]1[C@@H]2C(=O)N1CCCC1=O. The van der Waals surface area contributed by atoms with E-state index < -0.39 is 0 Å². The Kier molecular flexibility index (Phi) is 2.02. The number of hydrogen-bond acceptors (Lipinski definition) is 3. The number of nitrogens with zero attached hydrogens (tertiary/aromatic N) is 1. The van der Waals surface area contributed by atoms with Gasteiger partial charge in [0.1, 0.15) is 0 Å². The van der Waals surface area contributed by atoms with Crippen LogP contribution in [-0.2, 0) is 14.4 Å². The summed E-state index contributed by atoms with van der Waals surface area (Å²) in [6.07, 6.45) is 2.10. The van der Waals surface area contributed by atoms with Gasteiger partial charge in [0.2, 0.25) is 17.7 Å². The van der Waals surface area contributed by atoms with E-state index in [-0.39, 0.29) is 35.5 Å². The van der Waals surface area contributed by atoms with Crippen LogP contribution in [0.5, 0.6) is 0 Å². The summed E-state index contributed by atoms with van der Waals surface area (Å²) in [5, 5.41) is 2.77. The molecule has 1 saturated carbocycles. The van der Waals surface area contributed by atoms with Crippen LogP contribution in [0.3, 0.4) is 0 Å². The highest BCUT2D eigenvalue weighted by Crippen LogP contribution is 2.51. The number of imide groups is 1. The van der Waals surface area contributed by atoms with Crippen LogP contribution >= 0.6 is 0 Å². The maximum Gasteiger partial charge on any atom is 0.233 e. The van der Waals surface area contributed by atoms with Crippen LogP contribution in [0, 0.1) is 17.8 Å². The molecule has 3 atom stereocenters. The van der Waals surface area contributed by atoms with Crippen molar-refractivity contribution in [3.05, 3.63) is 0 Å². The minimum absolute atomic E-state index is 0.0127. The first-order valence-corrected chi connectivity index (χ1v) is 5.82. The van der Waals surface area contributed by atoms with Crippen LogP contribution in [0.4, 0.5) is 0 Å². The third-order valence-electron chi connectivity index (χ3n) is 3.87. The van der Waals surface area contributed by atoms with Crippen molar-refractivity contribution >= 4 is 17.7 Å². The number of carbonyl (C=O) groups is 3. The van der Waals surface area contributed by atoms with Crippen molar-refractivity contribution in [1.29, 1.82) is 0 Å². The van der Waals surface area contributed by atoms with Gasteiger partial charge < -0.3 is 5.32 Å². The van der Waals surface area contributed by atoms with E-state index in [0.29, 0.717) is 19.5 Å². The first-order valence-electron chi connectivity index (χ1n) is 5.82. The summed E-state index contributed by atoms with van der Waals surface area (Å²) in [6, 6.07) is 0. The van der Waals surface area contributed by atoms with E-state index >= 15 is 0 Å². The molecule has 3 aliphatic rings. The Bertz CT molecular complexity index is 379. The molecule has 3 fully saturated rings. The van der Waals surface area contributed by atoms with Crippen molar-refractivity contribution in [2.75, 3.05) is 13.1 Å².